The Bertz CT molecular complexity index is 410. The van der Waals surface area contributed by atoms with Crippen LogP contribution in [0, 0.1) is 0 Å². The normalized spacial score (nSPS) is 29.8. The van der Waals surface area contributed by atoms with E-state index in [1.807, 2.05) is 55.4 Å². The molecule has 0 atom stereocenters. The Morgan fingerprint density at radius 2 is 0.846 bits per heavy atom. The third kappa shape index (κ3) is 4.78. The number of nitrogens with one attached hydrogen (secondary N) is 2. The molecule has 0 aromatic rings. The van der Waals surface area contributed by atoms with Gasteiger partial charge < -0.3 is 10.6 Å². The van der Waals surface area contributed by atoms with Crippen LogP contribution in [0.3, 0.4) is 0 Å². The lowest BCUT2D eigenvalue weighted by molar-refractivity contribution is -0.290. The molecule has 2 aliphatic rings. The molecule has 2 aliphatic heterocycles. The van der Waals surface area contributed by atoms with Crippen molar-refractivity contribution in [1.29, 1.82) is 0 Å². The van der Waals surface area contributed by atoms with Crippen LogP contribution in [-0.2, 0) is 10.4 Å². The van der Waals surface area contributed by atoms with Gasteiger partial charge in [-0.05, 0) is 81.1 Å². The van der Waals surface area contributed by atoms with E-state index in [1.165, 1.54) is 10.1 Å². The molecular formula is C20H40N4O2. The third-order valence-electron chi connectivity index (χ3n) is 6.17. The molecule has 0 saturated carbocycles. The highest BCUT2D eigenvalue weighted by molar-refractivity contribution is 5.00. The summed E-state index contributed by atoms with van der Waals surface area (Å²) in [6, 6.07) is 0.728. The predicted octanol–water partition coefficient (Wildman–Crippen LogP) is 2.90. The molecule has 2 heterocycles. The number of hydrogen-bond donors (Lipinski definition) is 2. The molecule has 0 aromatic heterocycles. The first-order valence-corrected chi connectivity index (χ1v) is 10.1. The lowest BCUT2D eigenvalue weighted by atomic mass is 9.78. The van der Waals surface area contributed by atoms with E-state index in [-0.39, 0.29) is 22.2 Å². The van der Waals surface area contributed by atoms with Crippen molar-refractivity contribution in [2.75, 3.05) is 13.1 Å². The summed E-state index contributed by atoms with van der Waals surface area (Å²) in [6.45, 7) is 18.1. The van der Waals surface area contributed by atoms with E-state index < -0.39 is 0 Å². The van der Waals surface area contributed by atoms with Gasteiger partial charge in [-0.15, -0.1) is 20.5 Å². The quantitative estimate of drug-likeness (QED) is 0.732. The number of hydrogen-bond acceptors (Lipinski definition) is 4. The van der Waals surface area contributed by atoms with E-state index in [0.717, 1.165) is 38.8 Å². The van der Waals surface area contributed by atoms with Gasteiger partial charge in [0.05, 0.1) is 0 Å². The summed E-state index contributed by atoms with van der Waals surface area (Å²) in [5.74, 6) is 0. The number of hydroxylamine groups is 4. The van der Waals surface area contributed by atoms with Gasteiger partial charge in [0.1, 0.15) is 0 Å². The molecule has 0 bridgehead atoms. The molecule has 0 aromatic carbocycles. The Morgan fingerprint density at radius 3 is 1.08 bits per heavy atom. The molecular weight excluding hydrogens is 328 g/mol. The summed E-state index contributed by atoms with van der Waals surface area (Å²) in [6.07, 6.45) is 3.48. The summed E-state index contributed by atoms with van der Waals surface area (Å²) < 4.78 is 0. The van der Waals surface area contributed by atoms with E-state index in [2.05, 4.69) is 10.6 Å². The molecule has 0 unspecified atom stereocenters. The number of nitrogens with zero attached hydrogens (tertiary/aromatic N) is 2. The number of rotatable bonds is 5. The Kier molecular flexibility index (Phi) is 6.19. The molecule has 2 fully saturated rings. The maximum absolute atomic E-state index is 12.4. The largest absolute Gasteiger partial charge is 0.313 e. The summed E-state index contributed by atoms with van der Waals surface area (Å²) in [7, 11) is 0. The molecule has 26 heavy (non-hydrogen) atoms. The average Bonchev–Trinajstić information content (AvgIpc) is 2.45. The summed E-state index contributed by atoms with van der Waals surface area (Å²) in [4.78, 5) is 0. The van der Waals surface area contributed by atoms with E-state index in [9.17, 15) is 10.4 Å². The predicted molar refractivity (Wildman–Crippen MR) is 103 cm³/mol. The highest BCUT2D eigenvalue weighted by Gasteiger charge is 2.47. The van der Waals surface area contributed by atoms with Crippen LogP contribution >= 0.6 is 0 Å². The standard InChI is InChI=1S/C20H40N4O2/c1-17(2)11-15(12-18(3,4)23(17)25)21-9-10-22-16-13-19(5,6)24(26)20(7,8)14-16/h15-16,21-22H,9-14H2,1-8H3. The van der Waals surface area contributed by atoms with Crippen molar-refractivity contribution in [3.63, 3.8) is 0 Å². The fourth-order valence-electron chi connectivity index (χ4n) is 5.37. The van der Waals surface area contributed by atoms with E-state index >= 15 is 0 Å². The minimum Gasteiger partial charge on any atom is -0.313 e. The summed E-state index contributed by atoms with van der Waals surface area (Å²) >= 11 is 0. The lowest BCUT2D eigenvalue weighted by Crippen LogP contribution is -2.63. The first-order chi connectivity index (χ1) is 11.7. The summed E-state index contributed by atoms with van der Waals surface area (Å²) in [5, 5.41) is 34.7. The van der Waals surface area contributed by atoms with E-state index in [0.29, 0.717) is 12.1 Å². The van der Waals surface area contributed by atoms with Crippen LogP contribution in [0.25, 0.3) is 0 Å². The minimum atomic E-state index is -0.332. The molecule has 2 radical (unpaired) electrons. The van der Waals surface area contributed by atoms with Crippen LogP contribution in [0.5, 0.6) is 0 Å². The second-order valence-electron chi connectivity index (χ2n) is 11.0. The Hall–Kier alpha value is -0.240. The minimum absolute atomic E-state index is 0.332. The van der Waals surface area contributed by atoms with Crippen LogP contribution in [-0.4, -0.2) is 57.5 Å². The maximum Gasteiger partial charge on any atom is 0.0458 e. The molecule has 6 nitrogen and oxygen atoms in total. The Labute approximate surface area is 160 Å². The SMILES string of the molecule is CC1(C)CC(NCCNC2CC(C)(C)N([O])C(C)(C)C2)CC(C)(C)N1[O]. The highest BCUT2D eigenvalue weighted by Crippen LogP contribution is 2.38. The van der Waals surface area contributed by atoms with E-state index in [4.69, 9.17) is 0 Å². The van der Waals surface area contributed by atoms with Crippen LogP contribution in [0.4, 0.5) is 0 Å². The van der Waals surface area contributed by atoms with Gasteiger partial charge in [0, 0.05) is 47.3 Å². The van der Waals surface area contributed by atoms with Gasteiger partial charge in [0.25, 0.3) is 0 Å². The molecule has 0 spiro atoms. The molecule has 2 saturated heterocycles. The third-order valence-corrected chi connectivity index (χ3v) is 6.17. The molecule has 0 aliphatic carbocycles. The van der Waals surface area contributed by atoms with Gasteiger partial charge >= 0.3 is 0 Å². The second kappa shape index (κ2) is 7.30. The molecule has 6 heteroatoms. The maximum atomic E-state index is 12.4. The lowest BCUT2D eigenvalue weighted by Gasteiger charge is -2.50. The zero-order chi connectivity index (χ0) is 20.0. The van der Waals surface area contributed by atoms with Gasteiger partial charge in [0.2, 0.25) is 0 Å². The van der Waals surface area contributed by atoms with Gasteiger partial charge in [0.15, 0.2) is 0 Å². The topological polar surface area (TPSA) is 70.3 Å². The van der Waals surface area contributed by atoms with Crippen molar-refractivity contribution < 1.29 is 10.4 Å². The van der Waals surface area contributed by atoms with E-state index in [1.54, 1.807) is 0 Å². The first kappa shape index (κ1) is 22.1. The fourth-order valence-corrected chi connectivity index (χ4v) is 5.37. The van der Waals surface area contributed by atoms with Crippen molar-refractivity contribution in [1.82, 2.24) is 20.8 Å². The average molecular weight is 369 g/mol. The smallest absolute Gasteiger partial charge is 0.0458 e. The van der Waals surface area contributed by atoms with Crippen LogP contribution in [0.1, 0.15) is 81.1 Å². The van der Waals surface area contributed by atoms with Gasteiger partial charge in [-0.2, -0.15) is 0 Å². The van der Waals surface area contributed by atoms with Gasteiger partial charge in [-0.3, -0.25) is 0 Å². The summed E-state index contributed by atoms with van der Waals surface area (Å²) in [5.41, 5.74) is -1.33. The Morgan fingerprint density at radius 1 is 0.615 bits per heavy atom. The molecule has 2 N–H and O–H groups in total. The van der Waals surface area contributed by atoms with Crippen LogP contribution < -0.4 is 10.6 Å². The van der Waals surface area contributed by atoms with Gasteiger partial charge in [-0.25, -0.2) is 0 Å². The van der Waals surface area contributed by atoms with Crippen molar-refractivity contribution in [3.8, 4) is 0 Å². The first-order valence-electron chi connectivity index (χ1n) is 10.1. The second-order valence-corrected chi connectivity index (χ2v) is 11.0. The van der Waals surface area contributed by atoms with Gasteiger partial charge in [-0.1, -0.05) is 0 Å². The molecule has 2 rings (SSSR count). The van der Waals surface area contributed by atoms with Crippen molar-refractivity contribution >= 4 is 0 Å². The fraction of sp³-hybridized carbons (Fsp3) is 1.00. The zero-order valence-corrected chi connectivity index (χ0v) is 18.1. The molecule has 152 valence electrons. The molecule has 0 amide bonds. The van der Waals surface area contributed by atoms with Crippen LogP contribution in [0.15, 0.2) is 0 Å². The Balaban J connectivity index is 1.80. The highest BCUT2D eigenvalue weighted by atomic mass is 16.5. The number of piperidine rings is 2. The van der Waals surface area contributed by atoms with Crippen molar-refractivity contribution in [2.45, 2.75) is 115 Å². The van der Waals surface area contributed by atoms with Crippen LogP contribution in [0.2, 0.25) is 0 Å². The zero-order valence-electron chi connectivity index (χ0n) is 18.1. The van der Waals surface area contributed by atoms with Crippen molar-refractivity contribution in [2.24, 2.45) is 0 Å². The monoisotopic (exact) mass is 368 g/mol. The van der Waals surface area contributed by atoms with Crippen molar-refractivity contribution in [3.05, 3.63) is 0 Å².